The van der Waals surface area contributed by atoms with Crippen molar-refractivity contribution in [1.29, 1.82) is 5.26 Å². The topological polar surface area (TPSA) is 74.8 Å². The number of likely N-dealkylation sites (N-methyl/N-ethyl adjacent to an activating group) is 1. The first kappa shape index (κ1) is 14.2. The van der Waals surface area contributed by atoms with Crippen LogP contribution in [0.25, 0.3) is 0 Å². The molecule has 0 aliphatic rings. The number of nitrogens with zero attached hydrogens (tertiary/aromatic N) is 5. The summed E-state index contributed by atoms with van der Waals surface area (Å²) in [7, 11) is 1.70. The van der Waals surface area contributed by atoms with Crippen LogP contribution in [-0.4, -0.2) is 39.2 Å². The zero-order valence-corrected chi connectivity index (χ0v) is 11.2. The molecule has 6 nitrogen and oxygen atoms in total. The van der Waals surface area contributed by atoms with Crippen LogP contribution in [0.1, 0.15) is 31.9 Å². The van der Waals surface area contributed by atoms with Gasteiger partial charge in [0.25, 0.3) is 0 Å². The zero-order valence-electron chi connectivity index (χ0n) is 11.2. The van der Waals surface area contributed by atoms with Gasteiger partial charge < -0.3 is 4.90 Å². The summed E-state index contributed by atoms with van der Waals surface area (Å²) in [6.45, 7) is 4.62. The van der Waals surface area contributed by atoms with E-state index in [-0.39, 0.29) is 12.5 Å². The third kappa shape index (κ3) is 3.55. The molecule has 0 saturated carbocycles. The molecule has 0 aromatic carbocycles. The molecule has 98 valence electrons. The van der Waals surface area contributed by atoms with E-state index < -0.39 is 0 Å². The number of hydrogen-bond acceptors (Lipinski definition) is 4. The SMILES string of the molecule is CCc1nc(CC)n(CC(=O)N(C)CCC#N)n1. The molecule has 1 aromatic heterocycles. The lowest BCUT2D eigenvalue weighted by atomic mass is 10.4. The number of nitriles is 1. The highest BCUT2D eigenvalue weighted by atomic mass is 16.2. The number of rotatable bonds is 6. The van der Waals surface area contributed by atoms with Gasteiger partial charge in [-0.05, 0) is 0 Å². The number of aromatic nitrogens is 3. The molecule has 0 bridgehead atoms. The van der Waals surface area contributed by atoms with Gasteiger partial charge in [0.15, 0.2) is 5.82 Å². The standard InChI is InChI=1S/C12H19N5O/c1-4-10-14-11(5-2)17(15-10)9-12(18)16(3)8-6-7-13/h4-6,8-9H2,1-3H3. The van der Waals surface area contributed by atoms with Gasteiger partial charge in [-0.1, -0.05) is 13.8 Å². The fourth-order valence-corrected chi connectivity index (χ4v) is 1.56. The summed E-state index contributed by atoms with van der Waals surface area (Å²) in [4.78, 5) is 17.8. The molecule has 0 aliphatic carbocycles. The minimum atomic E-state index is -0.0486. The predicted molar refractivity (Wildman–Crippen MR) is 66.6 cm³/mol. The summed E-state index contributed by atoms with van der Waals surface area (Å²) in [5.74, 6) is 1.54. The van der Waals surface area contributed by atoms with Gasteiger partial charge in [-0.25, -0.2) is 9.67 Å². The van der Waals surface area contributed by atoms with E-state index in [0.29, 0.717) is 13.0 Å². The Labute approximate surface area is 107 Å². The van der Waals surface area contributed by atoms with Crippen molar-refractivity contribution in [2.45, 2.75) is 39.7 Å². The molecular formula is C12H19N5O. The molecule has 0 radical (unpaired) electrons. The van der Waals surface area contributed by atoms with Crippen molar-refractivity contribution in [2.75, 3.05) is 13.6 Å². The van der Waals surface area contributed by atoms with Crippen molar-refractivity contribution < 1.29 is 4.79 Å². The Balaban J connectivity index is 2.69. The van der Waals surface area contributed by atoms with Crippen LogP contribution in [0.5, 0.6) is 0 Å². The van der Waals surface area contributed by atoms with E-state index in [4.69, 9.17) is 5.26 Å². The molecule has 1 heterocycles. The van der Waals surface area contributed by atoms with Crippen molar-refractivity contribution in [3.8, 4) is 6.07 Å². The molecule has 0 aliphatic heterocycles. The monoisotopic (exact) mass is 249 g/mol. The Morgan fingerprint density at radius 1 is 1.44 bits per heavy atom. The van der Waals surface area contributed by atoms with Gasteiger partial charge in [-0.3, -0.25) is 4.79 Å². The molecule has 0 fully saturated rings. The highest BCUT2D eigenvalue weighted by Gasteiger charge is 2.13. The Kier molecular flexibility index (Phi) is 5.31. The highest BCUT2D eigenvalue weighted by Crippen LogP contribution is 2.02. The maximum Gasteiger partial charge on any atom is 0.244 e. The summed E-state index contributed by atoms with van der Waals surface area (Å²) in [5.41, 5.74) is 0. The van der Waals surface area contributed by atoms with E-state index in [2.05, 4.69) is 10.1 Å². The van der Waals surface area contributed by atoms with Gasteiger partial charge in [0, 0.05) is 26.4 Å². The van der Waals surface area contributed by atoms with Crippen LogP contribution in [0, 0.1) is 11.3 Å². The predicted octanol–water partition coefficient (Wildman–Crippen LogP) is 0.775. The minimum absolute atomic E-state index is 0.0486. The lowest BCUT2D eigenvalue weighted by Crippen LogP contribution is -2.31. The molecule has 6 heteroatoms. The first-order valence-electron chi connectivity index (χ1n) is 6.15. The molecule has 18 heavy (non-hydrogen) atoms. The molecule has 0 saturated heterocycles. The van der Waals surface area contributed by atoms with Gasteiger partial charge in [-0.15, -0.1) is 0 Å². The van der Waals surface area contributed by atoms with Gasteiger partial charge in [0.05, 0.1) is 12.5 Å². The quantitative estimate of drug-likeness (QED) is 0.746. The van der Waals surface area contributed by atoms with Gasteiger partial charge in [-0.2, -0.15) is 10.4 Å². The van der Waals surface area contributed by atoms with E-state index in [1.165, 1.54) is 0 Å². The average molecular weight is 249 g/mol. The second kappa shape index (κ2) is 6.74. The number of hydrogen-bond donors (Lipinski definition) is 0. The van der Waals surface area contributed by atoms with Gasteiger partial charge in [0.1, 0.15) is 12.4 Å². The van der Waals surface area contributed by atoms with Crippen LogP contribution in [0.2, 0.25) is 0 Å². The molecule has 0 N–H and O–H groups in total. The second-order valence-electron chi connectivity index (χ2n) is 4.03. The molecule has 1 rings (SSSR count). The molecular weight excluding hydrogens is 230 g/mol. The number of amides is 1. The Bertz CT molecular complexity index is 446. The summed E-state index contributed by atoms with van der Waals surface area (Å²) in [6, 6.07) is 2.02. The summed E-state index contributed by atoms with van der Waals surface area (Å²) in [6.07, 6.45) is 1.86. The maximum atomic E-state index is 11.9. The van der Waals surface area contributed by atoms with E-state index in [9.17, 15) is 4.79 Å². The van der Waals surface area contributed by atoms with Gasteiger partial charge in [0.2, 0.25) is 5.91 Å². The second-order valence-corrected chi connectivity index (χ2v) is 4.03. The number of carbonyl (C=O) groups is 1. The van der Waals surface area contributed by atoms with E-state index in [0.717, 1.165) is 24.5 Å². The Morgan fingerprint density at radius 3 is 2.72 bits per heavy atom. The van der Waals surface area contributed by atoms with Gasteiger partial charge >= 0.3 is 0 Å². The third-order valence-corrected chi connectivity index (χ3v) is 2.69. The van der Waals surface area contributed by atoms with Crippen molar-refractivity contribution >= 4 is 5.91 Å². The number of aryl methyl sites for hydroxylation is 2. The highest BCUT2D eigenvalue weighted by molar-refractivity contribution is 5.75. The first-order valence-corrected chi connectivity index (χ1v) is 6.15. The van der Waals surface area contributed by atoms with Crippen LogP contribution in [0.3, 0.4) is 0 Å². The van der Waals surface area contributed by atoms with Crippen LogP contribution in [-0.2, 0) is 24.2 Å². The zero-order chi connectivity index (χ0) is 13.5. The lowest BCUT2D eigenvalue weighted by Gasteiger charge is -2.15. The summed E-state index contributed by atoms with van der Waals surface area (Å²) >= 11 is 0. The van der Waals surface area contributed by atoms with E-state index in [1.54, 1.807) is 16.6 Å². The first-order chi connectivity index (χ1) is 8.62. The lowest BCUT2D eigenvalue weighted by molar-refractivity contribution is -0.130. The van der Waals surface area contributed by atoms with Crippen LogP contribution in [0.4, 0.5) is 0 Å². The summed E-state index contributed by atoms with van der Waals surface area (Å²) < 4.78 is 1.66. The van der Waals surface area contributed by atoms with Crippen LogP contribution >= 0.6 is 0 Å². The van der Waals surface area contributed by atoms with E-state index in [1.807, 2.05) is 19.9 Å². The molecule has 1 aromatic rings. The Morgan fingerprint density at radius 2 is 2.17 bits per heavy atom. The van der Waals surface area contributed by atoms with E-state index >= 15 is 0 Å². The fraction of sp³-hybridized carbons (Fsp3) is 0.667. The Hall–Kier alpha value is -1.90. The smallest absolute Gasteiger partial charge is 0.244 e. The third-order valence-electron chi connectivity index (χ3n) is 2.69. The number of carbonyl (C=O) groups excluding carboxylic acids is 1. The normalized spacial score (nSPS) is 10.1. The fourth-order valence-electron chi connectivity index (χ4n) is 1.56. The van der Waals surface area contributed by atoms with Crippen LogP contribution < -0.4 is 0 Å². The molecule has 0 atom stereocenters. The molecule has 0 unspecified atom stereocenters. The van der Waals surface area contributed by atoms with Crippen molar-refractivity contribution in [2.24, 2.45) is 0 Å². The summed E-state index contributed by atoms with van der Waals surface area (Å²) in [5, 5.41) is 12.8. The van der Waals surface area contributed by atoms with Crippen LogP contribution in [0.15, 0.2) is 0 Å². The van der Waals surface area contributed by atoms with Crippen molar-refractivity contribution in [1.82, 2.24) is 19.7 Å². The molecule has 1 amide bonds. The minimum Gasteiger partial charge on any atom is -0.343 e. The largest absolute Gasteiger partial charge is 0.343 e. The van der Waals surface area contributed by atoms with Crippen molar-refractivity contribution in [3.63, 3.8) is 0 Å². The van der Waals surface area contributed by atoms with Crippen molar-refractivity contribution in [3.05, 3.63) is 11.6 Å². The molecule has 0 spiro atoms. The average Bonchev–Trinajstić information content (AvgIpc) is 2.77. The maximum absolute atomic E-state index is 11.9.